The highest BCUT2D eigenvalue weighted by Crippen LogP contribution is 2.33. The first-order valence-corrected chi connectivity index (χ1v) is 9.27. The van der Waals surface area contributed by atoms with Crippen molar-refractivity contribution < 1.29 is 9.21 Å². The van der Waals surface area contributed by atoms with Crippen molar-refractivity contribution in [2.75, 3.05) is 5.32 Å². The smallest absolute Gasteiger partial charge is 0.231 e. The number of thiazole rings is 1. The van der Waals surface area contributed by atoms with E-state index in [9.17, 15) is 4.79 Å². The van der Waals surface area contributed by atoms with Crippen molar-refractivity contribution in [1.82, 2.24) is 4.98 Å². The molecule has 4 rings (SSSR count). The van der Waals surface area contributed by atoms with Gasteiger partial charge >= 0.3 is 0 Å². The van der Waals surface area contributed by atoms with Crippen LogP contribution in [0.15, 0.2) is 58.3 Å². The Hall–Kier alpha value is -2.92. The van der Waals surface area contributed by atoms with Gasteiger partial charge in [0.15, 0.2) is 5.76 Å². The Kier molecular flexibility index (Phi) is 4.31. The van der Waals surface area contributed by atoms with Gasteiger partial charge in [-0.15, -0.1) is 11.3 Å². The number of benzene rings is 2. The molecule has 0 unspecified atom stereocenters. The first-order chi connectivity index (χ1) is 12.6. The molecular formula is C21H18N2O2S. The predicted octanol–water partition coefficient (Wildman–Crippen LogP) is 5.35. The van der Waals surface area contributed by atoms with Crippen molar-refractivity contribution in [2.45, 2.75) is 20.3 Å². The number of rotatable bonds is 4. The summed E-state index contributed by atoms with van der Waals surface area (Å²) >= 11 is 1.47. The molecule has 1 amide bonds. The molecule has 2 heterocycles. The number of aryl methyl sites for hydroxylation is 2. The average Bonchev–Trinajstić information content (AvgIpc) is 3.20. The number of carbonyl (C=O) groups excluding carboxylic acids is 1. The highest BCUT2D eigenvalue weighted by Gasteiger charge is 2.16. The second-order valence-corrected chi connectivity index (χ2v) is 7.22. The van der Waals surface area contributed by atoms with Crippen molar-refractivity contribution in [3.05, 3.63) is 70.0 Å². The second kappa shape index (κ2) is 6.77. The molecule has 5 heteroatoms. The van der Waals surface area contributed by atoms with E-state index in [-0.39, 0.29) is 12.3 Å². The van der Waals surface area contributed by atoms with Crippen LogP contribution in [-0.4, -0.2) is 10.9 Å². The van der Waals surface area contributed by atoms with Crippen molar-refractivity contribution in [3.63, 3.8) is 0 Å². The molecule has 0 aliphatic rings. The summed E-state index contributed by atoms with van der Waals surface area (Å²) in [5, 5.41) is 6.72. The second-order valence-electron chi connectivity index (χ2n) is 6.27. The summed E-state index contributed by atoms with van der Waals surface area (Å²) in [7, 11) is 0. The van der Waals surface area contributed by atoms with Crippen LogP contribution in [0, 0.1) is 13.8 Å². The zero-order valence-electron chi connectivity index (χ0n) is 14.6. The minimum atomic E-state index is -0.0715. The van der Waals surface area contributed by atoms with Crippen LogP contribution in [0.1, 0.15) is 16.1 Å². The summed E-state index contributed by atoms with van der Waals surface area (Å²) in [6.07, 6.45) is 0.248. The van der Waals surface area contributed by atoms with Gasteiger partial charge in [0.05, 0.1) is 6.42 Å². The molecular weight excluding hydrogens is 344 g/mol. The Morgan fingerprint density at radius 1 is 1.15 bits per heavy atom. The quantitative estimate of drug-likeness (QED) is 0.532. The standard InChI is InChI=1S/C21H18N2O2S/c1-13-6-5-7-15(10-13)22-19(24)11-20-23-17(12-26-20)21-14(2)16-8-3-4-9-18(16)25-21/h3-10,12H,11H2,1-2H3,(H,22,24). The number of para-hydroxylation sites is 1. The molecule has 0 aliphatic carbocycles. The highest BCUT2D eigenvalue weighted by molar-refractivity contribution is 7.10. The lowest BCUT2D eigenvalue weighted by Crippen LogP contribution is -2.14. The molecule has 0 saturated heterocycles. The fourth-order valence-electron chi connectivity index (χ4n) is 2.98. The molecule has 0 atom stereocenters. The minimum absolute atomic E-state index is 0.0715. The minimum Gasteiger partial charge on any atom is -0.454 e. The van der Waals surface area contributed by atoms with E-state index < -0.39 is 0 Å². The Bertz CT molecular complexity index is 1090. The van der Waals surface area contributed by atoms with Crippen molar-refractivity contribution in [1.29, 1.82) is 0 Å². The highest BCUT2D eigenvalue weighted by atomic mass is 32.1. The molecule has 2 aromatic heterocycles. The van der Waals surface area contributed by atoms with Gasteiger partial charge in [-0.1, -0.05) is 30.3 Å². The third-order valence-corrected chi connectivity index (χ3v) is 5.09. The molecule has 1 N–H and O–H groups in total. The van der Waals surface area contributed by atoms with E-state index in [2.05, 4.69) is 10.3 Å². The van der Waals surface area contributed by atoms with Crippen molar-refractivity contribution in [3.8, 4) is 11.5 Å². The number of anilines is 1. The molecule has 0 radical (unpaired) electrons. The molecule has 0 bridgehead atoms. The summed E-state index contributed by atoms with van der Waals surface area (Å²) < 4.78 is 5.96. The van der Waals surface area contributed by atoms with Crippen LogP contribution >= 0.6 is 11.3 Å². The molecule has 2 aromatic carbocycles. The summed E-state index contributed by atoms with van der Waals surface area (Å²) in [6.45, 7) is 4.03. The number of amides is 1. The lowest BCUT2D eigenvalue weighted by molar-refractivity contribution is -0.115. The Morgan fingerprint density at radius 3 is 2.81 bits per heavy atom. The van der Waals surface area contributed by atoms with E-state index in [0.717, 1.165) is 44.2 Å². The maximum absolute atomic E-state index is 12.3. The van der Waals surface area contributed by atoms with Crippen LogP contribution in [0.4, 0.5) is 5.69 Å². The Morgan fingerprint density at radius 2 is 2.00 bits per heavy atom. The predicted molar refractivity (Wildman–Crippen MR) is 106 cm³/mol. The summed E-state index contributed by atoms with van der Waals surface area (Å²) in [5.74, 6) is 0.700. The van der Waals surface area contributed by atoms with Gasteiger partial charge in [0.1, 0.15) is 16.3 Å². The average molecular weight is 362 g/mol. The van der Waals surface area contributed by atoms with Gasteiger partial charge in [-0.05, 0) is 37.6 Å². The van der Waals surface area contributed by atoms with Gasteiger partial charge in [0.25, 0.3) is 0 Å². The number of hydrogen-bond donors (Lipinski definition) is 1. The third-order valence-electron chi connectivity index (χ3n) is 4.24. The van der Waals surface area contributed by atoms with Crippen molar-refractivity contribution in [2.24, 2.45) is 0 Å². The van der Waals surface area contributed by atoms with Gasteiger partial charge in [-0.3, -0.25) is 4.79 Å². The fourth-order valence-corrected chi connectivity index (χ4v) is 3.75. The number of hydrogen-bond acceptors (Lipinski definition) is 4. The molecule has 4 nitrogen and oxygen atoms in total. The van der Waals surface area contributed by atoms with Gasteiger partial charge in [-0.25, -0.2) is 4.98 Å². The zero-order valence-corrected chi connectivity index (χ0v) is 15.4. The van der Waals surface area contributed by atoms with Crippen LogP contribution in [-0.2, 0) is 11.2 Å². The fraction of sp³-hybridized carbons (Fsp3) is 0.143. The van der Waals surface area contributed by atoms with E-state index >= 15 is 0 Å². The zero-order chi connectivity index (χ0) is 18.1. The summed E-state index contributed by atoms with van der Waals surface area (Å²) in [4.78, 5) is 16.9. The van der Waals surface area contributed by atoms with Gasteiger partial charge in [-0.2, -0.15) is 0 Å². The number of nitrogens with zero attached hydrogens (tertiary/aromatic N) is 1. The number of carbonyl (C=O) groups is 1. The molecule has 130 valence electrons. The molecule has 0 aliphatic heterocycles. The molecule has 0 fully saturated rings. The molecule has 4 aromatic rings. The lowest BCUT2D eigenvalue weighted by atomic mass is 10.1. The topological polar surface area (TPSA) is 55.1 Å². The van der Waals surface area contributed by atoms with Crippen molar-refractivity contribution >= 4 is 33.9 Å². The van der Waals surface area contributed by atoms with Crippen LogP contribution < -0.4 is 5.32 Å². The van der Waals surface area contributed by atoms with Gasteiger partial charge < -0.3 is 9.73 Å². The Labute approximate surface area is 155 Å². The molecule has 26 heavy (non-hydrogen) atoms. The summed E-state index contributed by atoms with van der Waals surface area (Å²) in [6, 6.07) is 15.7. The maximum Gasteiger partial charge on any atom is 0.231 e. The lowest BCUT2D eigenvalue weighted by Gasteiger charge is -2.04. The molecule has 0 saturated carbocycles. The van der Waals surface area contributed by atoms with Crippen LogP contribution in [0.2, 0.25) is 0 Å². The number of furan rings is 1. The van der Waals surface area contributed by atoms with E-state index in [1.807, 2.05) is 67.8 Å². The first-order valence-electron chi connectivity index (χ1n) is 8.39. The van der Waals surface area contributed by atoms with Gasteiger partial charge in [0, 0.05) is 22.0 Å². The van der Waals surface area contributed by atoms with Crippen LogP contribution in [0.3, 0.4) is 0 Å². The number of nitrogens with one attached hydrogen (secondary N) is 1. The van der Waals surface area contributed by atoms with E-state index in [0.29, 0.717) is 0 Å². The normalized spacial score (nSPS) is 11.0. The largest absolute Gasteiger partial charge is 0.454 e. The third kappa shape index (κ3) is 3.26. The van der Waals surface area contributed by atoms with E-state index in [1.165, 1.54) is 11.3 Å². The first kappa shape index (κ1) is 16.5. The number of aromatic nitrogens is 1. The van der Waals surface area contributed by atoms with E-state index in [4.69, 9.17) is 4.42 Å². The van der Waals surface area contributed by atoms with Crippen LogP contribution in [0.25, 0.3) is 22.4 Å². The van der Waals surface area contributed by atoms with Crippen LogP contribution in [0.5, 0.6) is 0 Å². The Balaban J connectivity index is 1.52. The van der Waals surface area contributed by atoms with E-state index in [1.54, 1.807) is 0 Å². The summed E-state index contributed by atoms with van der Waals surface area (Å²) in [5.41, 5.74) is 4.62. The monoisotopic (exact) mass is 362 g/mol. The molecule has 0 spiro atoms. The number of fused-ring (bicyclic) bond motifs is 1. The van der Waals surface area contributed by atoms with Gasteiger partial charge in [0.2, 0.25) is 5.91 Å². The maximum atomic E-state index is 12.3. The SMILES string of the molecule is Cc1cccc(NC(=O)Cc2nc(-c3oc4ccccc4c3C)cs2)c1.